The van der Waals surface area contributed by atoms with Crippen molar-refractivity contribution in [1.82, 2.24) is 15.1 Å². The van der Waals surface area contributed by atoms with Crippen molar-refractivity contribution in [2.45, 2.75) is 26.3 Å². The zero-order valence-electron chi connectivity index (χ0n) is 12.1. The van der Waals surface area contributed by atoms with Gasteiger partial charge in [0, 0.05) is 31.3 Å². The number of hydrogen-bond donors (Lipinski definition) is 2. The molecule has 0 radical (unpaired) electrons. The molecule has 2 rings (SSSR count). The molecule has 1 atom stereocenters. The van der Waals surface area contributed by atoms with Gasteiger partial charge in [-0.3, -0.25) is 9.48 Å². The van der Waals surface area contributed by atoms with E-state index in [0.717, 1.165) is 5.56 Å². The van der Waals surface area contributed by atoms with Gasteiger partial charge in [-0.2, -0.15) is 5.10 Å². The number of aryl methyl sites for hydroxylation is 2. The first-order valence-electron chi connectivity index (χ1n) is 6.57. The first-order valence-corrected chi connectivity index (χ1v) is 6.57. The summed E-state index contributed by atoms with van der Waals surface area (Å²) in [6, 6.07) is 1.00. The van der Waals surface area contributed by atoms with Crippen molar-refractivity contribution in [3.05, 3.63) is 41.1 Å². The summed E-state index contributed by atoms with van der Waals surface area (Å²) < 4.78 is 6.96. The summed E-state index contributed by atoms with van der Waals surface area (Å²) in [7, 11) is 1.79. The number of aromatic carboxylic acids is 1. The van der Waals surface area contributed by atoms with E-state index in [4.69, 9.17) is 9.52 Å². The second-order valence-corrected chi connectivity index (χ2v) is 4.75. The maximum Gasteiger partial charge on any atom is 0.339 e. The first kappa shape index (κ1) is 14.8. The lowest BCUT2D eigenvalue weighted by Gasteiger charge is -2.10. The van der Waals surface area contributed by atoms with Gasteiger partial charge < -0.3 is 14.8 Å². The van der Waals surface area contributed by atoms with Crippen LogP contribution in [0.1, 0.15) is 52.1 Å². The van der Waals surface area contributed by atoms with Crippen LogP contribution in [-0.2, 0) is 13.5 Å². The van der Waals surface area contributed by atoms with Crippen molar-refractivity contribution in [3.8, 4) is 0 Å². The highest BCUT2D eigenvalue weighted by molar-refractivity contribution is 5.96. The van der Waals surface area contributed by atoms with Gasteiger partial charge in [0.1, 0.15) is 11.3 Å². The molecule has 0 aliphatic heterocycles. The fourth-order valence-electron chi connectivity index (χ4n) is 2.00. The van der Waals surface area contributed by atoms with Crippen LogP contribution in [0.5, 0.6) is 0 Å². The molecule has 1 amide bonds. The average molecular weight is 291 g/mol. The largest absolute Gasteiger partial charge is 0.478 e. The standard InChI is InChI=1S/C14H17N3O4/c1-4-11-10(14(19)20)5-12(21-11)13(18)16-8(2)9-6-15-17(3)7-9/h5-8H,4H2,1-3H3,(H,16,18)(H,19,20). The predicted octanol–water partition coefficient (Wildman–Crippen LogP) is 1.76. The molecule has 0 aliphatic carbocycles. The lowest BCUT2D eigenvalue weighted by Crippen LogP contribution is -2.26. The van der Waals surface area contributed by atoms with Crippen LogP contribution in [-0.4, -0.2) is 26.8 Å². The van der Waals surface area contributed by atoms with Gasteiger partial charge in [0.05, 0.1) is 12.2 Å². The zero-order valence-corrected chi connectivity index (χ0v) is 12.1. The molecule has 7 heteroatoms. The zero-order chi connectivity index (χ0) is 15.6. The van der Waals surface area contributed by atoms with Gasteiger partial charge in [-0.1, -0.05) is 6.92 Å². The van der Waals surface area contributed by atoms with E-state index in [-0.39, 0.29) is 17.4 Å². The Hall–Kier alpha value is -2.57. The molecule has 2 aromatic rings. The molecule has 0 fully saturated rings. The third-order valence-electron chi connectivity index (χ3n) is 3.16. The molecule has 0 saturated carbocycles. The average Bonchev–Trinajstić information content (AvgIpc) is 3.04. The molecular weight excluding hydrogens is 274 g/mol. The molecule has 2 aromatic heterocycles. The summed E-state index contributed by atoms with van der Waals surface area (Å²) in [5, 5.41) is 15.8. The summed E-state index contributed by atoms with van der Waals surface area (Å²) in [6.07, 6.45) is 3.87. The van der Waals surface area contributed by atoms with E-state index in [9.17, 15) is 9.59 Å². The fourth-order valence-corrected chi connectivity index (χ4v) is 2.00. The molecule has 0 bridgehead atoms. The Morgan fingerprint density at radius 3 is 2.71 bits per heavy atom. The number of furan rings is 1. The smallest absolute Gasteiger partial charge is 0.339 e. The number of nitrogens with one attached hydrogen (secondary N) is 1. The Morgan fingerprint density at radius 2 is 2.24 bits per heavy atom. The Labute approximate surface area is 121 Å². The normalized spacial score (nSPS) is 12.1. The molecule has 2 N–H and O–H groups in total. The van der Waals surface area contributed by atoms with Crippen molar-refractivity contribution in [1.29, 1.82) is 0 Å². The number of nitrogens with zero attached hydrogens (tertiary/aromatic N) is 2. The van der Waals surface area contributed by atoms with Crippen LogP contribution in [0.25, 0.3) is 0 Å². The van der Waals surface area contributed by atoms with Gasteiger partial charge >= 0.3 is 5.97 Å². The third kappa shape index (κ3) is 3.13. The van der Waals surface area contributed by atoms with Gasteiger partial charge in [0.2, 0.25) is 0 Å². The SMILES string of the molecule is CCc1oc(C(=O)NC(C)c2cnn(C)c2)cc1C(=O)O. The molecule has 7 nitrogen and oxygen atoms in total. The molecule has 0 spiro atoms. The van der Waals surface area contributed by atoms with Crippen LogP contribution in [0.2, 0.25) is 0 Å². The fraction of sp³-hybridized carbons (Fsp3) is 0.357. The number of carbonyl (C=O) groups excluding carboxylic acids is 1. The highest BCUT2D eigenvalue weighted by Crippen LogP contribution is 2.18. The van der Waals surface area contributed by atoms with Gasteiger partial charge in [0.15, 0.2) is 5.76 Å². The summed E-state index contributed by atoms with van der Waals surface area (Å²) in [6.45, 7) is 3.59. The number of carboxylic acids is 1. The molecule has 0 saturated heterocycles. The topological polar surface area (TPSA) is 97.4 Å². The third-order valence-corrected chi connectivity index (χ3v) is 3.16. The number of aromatic nitrogens is 2. The number of amides is 1. The molecular formula is C14H17N3O4. The summed E-state index contributed by atoms with van der Waals surface area (Å²) in [5.41, 5.74) is 0.878. The van der Waals surface area contributed by atoms with Crippen LogP contribution in [0, 0.1) is 0 Å². The van der Waals surface area contributed by atoms with Crippen molar-refractivity contribution in [2.24, 2.45) is 7.05 Å². The quantitative estimate of drug-likeness (QED) is 0.875. The van der Waals surface area contributed by atoms with Crippen molar-refractivity contribution in [2.75, 3.05) is 0 Å². The van der Waals surface area contributed by atoms with E-state index in [0.29, 0.717) is 12.2 Å². The number of hydrogen-bond acceptors (Lipinski definition) is 4. The monoisotopic (exact) mass is 291 g/mol. The second kappa shape index (κ2) is 5.82. The molecule has 0 aromatic carbocycles. The highest BCUT2D eigenvalue weighted by Gasteiger charge is 2.21. The van der Waals surface area contributed by atoms with Crippen molar-refractivity contribution >= 4 is 11.9 Å². The predicted molar refractivity (Wildman–Crippen MR) is 74.1 cm³/mol. The van der Waals surface area contributed by atoms with E-state index >= 15 is 0 Å². The van der Waals surface area contributed by atoms with Crippen LogP contribution in [0.4, 0.5) is 0 Å². The summed E-state index contributed by atoms with van der Waals surface area (Å²) in [4.78, 5) is 23.2. The number of rotatable bonds is 5. The summed E-state index contributed by atoms with van der Waals surface area (Å²) in [5.74, 6) is -1.26. The van der Waals surface area contributed by atoms with Crippen molar-refractivity contribution in [3.63, 3.8) is 0 Å². The number of carboxylic acid groups (broad SMARTS) is 1. The van der Waals surface area contributed by atoms with E-state index in [2.05, 4.69) is 10.4 Å². The first-order chi connectivity index (χ1) is 9.92. The minimum absolute atomic E-state index is 0.00000898. The van der Waals surface area contributed by atoms with Crippen molar-refractivity contribution < 1.29 is 19.1 Å². The van der Waals surface area contributed by atoms with Crippen LogP contribution < -0.4 is 5.32 Å². The molecule has 21 heavy (non-hydrogen) atoms. The highest BCUT2D eigenvalue weighted by atomic mass is 16.4. The Morgan fingerprint density at radius 1 is 1.52 bits per heavy atom. The van der Waals surface area contributed by atoms with Crippen LogP contribution in [0.15, 0.2) is 22.9 Å². The van der Waals surface area contributed by atoms with Gasteiger partial charge in [-0.15, -0.1) is 0 Å². The Bertz CT molecular complexity index is 672. The maximum atomic E-state index is 12.1. The maximum absolute atomic E-state index is 12.1. The number of carbonyl (C=O) groups is 2. The molecule has 2 heterocycles. The van der Waals surface area contributed by atoms with E-state index in [1.54, 1.807) is 31.0 Å². The Kier molecular flexibility index (Phi) is 4.11. The summed E-state index contributed by atoms with van der Waals surface area (Å²) >= 11 is 0. The minimum atomic E-state index is -1.10. The molecule has 1 unspecified atom stereocenters. The second-order valence-electron chi connectivity index (χ2n) is 4.75. The van der Waals surface area contributed by atoms with E-state index < -0.39 is 11.9 Å². The minimum Gasteiger partial charge on any atom is -0.478 e. The van der Waals surface area contributed by atoms with Gasteiger partial charge in [-0.25, -0.2) is 4.79 Å². The lowest BCUT2D eigenvalue weighted by atomic mass is 10.2. The lowest BCUT2D eigenvalue weighted by molar-refractivity contribution is 0.0694. The van der Waals surface area contributed by atoms with Crippen LogP contribution in [0.3, 0.4) is 0 Å². The Balaban J connectivity index is 2.15. The van der Waals surface area contributed by atoms with Gasteiger partial charge in [0.25, 0.3) is 5.91 Å². The van der Waals surface area contributed by atoms with Gasteiger partial charge in [-0.05, 0) is 6.92 Å². The molecule has 0 aliphatic rings. The van der Waals surface area contributed by atoms with Crippen LogP contribution >= 0.6 is 0 Å². The molecule has 112 valence electrons. The van der Waals surface area contributed by atoms with E-state index in [1.165, 1.54) is 6.07 Å². The van der Waals surface area contributed by atoms with E-state index in [1.807, 2.05) is 6.92 Å².